The molecule has 40 heavy (non-hydrogen) atoms. The third-order valence-electron chi connectivity index (χ3n) is 8.24. The highest BCUT2D eigenvalue weighted by molar-refractivity contribution is 7.98. The van der Waals surface area contributed by atoms with Crippen LogP contribution in [0.3, 0.4) is 0 Å². The molecule has 6 heteroatoms. The minimum atomic E-state index is -1.00. The van der Waals surface area contributed by atoms with E-state index in [9.17, 15) is 14.7 Å². The maximum absolute atomic E-state index is 13.5. The summed E-state index contributed by atoms with van der Waals surface area (Å²) in [6.45, 7) is 12.2. The molecule has 0 radical (unpaired) electrons. The number of carbonyl (C=O) groups is 2. The van der Waals surface area contributed by atoms with Gasteiger partial charge in [0.25, 0.3) is 5.91 Å². The molecule has 222 valence electrons. The highest BCUT2D eigenvalue weighted by atomic mass is 32.2. The van der Waals surface area contributed by atoms with Crippen molar-refractivity contribution in [1.82, 2.24) is 10.2 Å². The molecule has 0 heterocycles. The van der Waals surface area contributed by atoms with E-state index in [1.165, 1.54) is 38.5 Å². The molecule has 1 aliphatic carbocycles. The Kier molecular flexibility index (Phi) is 13.2. The number of carboxylic acids is 1. The van der Waals surface area contributed by atoms with Crippen molar-refractivity contribution < 1.29 is 14.7 Å². The Hall–Kier alpha value is -2.31. The van der Waals surface area contributed by atoms with Gasteiger partial charge < -0.3 is 10.4 Å². The fraction of sp³-hybridized carbons (Fsp3) is 0.588. The maximum Gasteiger partial charge on any atom is 0.326 e. The molecule has 1 atom stereocenters. The summed E-state index contributed by atoms with van der Waals surface area (Å²) >= 11 is 1.58. The van der Waals surface area contributed by atoms with E-state index < -0.39 is 12.0 Å². The Morgan fingerprint density at radius 3 is 2.35 bits per heavy atom. The summed E-state index contributed by atoms with van der Waals surface area (Å²) in [6.07, 6.45) is 10.3. The molecule has 0 aromatic heterocycles. The van der Waals surface area contributed by atoms with E-state index in [2.05, 4.69) is 57.0 Å². The number of carboxylic acid groups (broad SMARTS) is 1. The van der Waals surface area contributed by atoms with Crippen molar-refractivity contribution in [3.05, 3.63) is 59.2 Å². The second kappa shape index (κ2) is 15.6. The fourth-order valence-corrected chi connectivity index (χ4v) is 6.69. The molecule has 1 fully saturated rings. The number of hydrogen-bond acceptors (Lipinski definition) is 4. The lowest BCUT2D eigenvalue weighted by atomic mass is 9.79. The molecule has 0 bridgehead atoms. The van der Waals surface area contributed by atoms with Crippen molar-refractivity contribution >= 4 is 23.6 Å². The predicted octanol–water partition coefficient (Wildman–Crippen LogP) is 8.19. The van der Waals surface area contributed by atoms with Crippen LogP contribution in [0.5, 0.6) is 0 Å². The number of nitrogens with one attached hydrogen (secondary N) is 1. The third kappa shape index (κ3) is 9.10. The molecular weight excluding hydrogens is 516 g/mol. The molecule has 0 spiro atoms. The van der Waals surface area contributed by atoms with E-state index in [1.807, 2.05) is 36.6 Å². The average Bonchev–Trinajstić information content (AvgIpc) is 2.89. The number of aryl methyl sites for hydroxylation is 1. The van der Waals surface area contributed by atoms with E-state index in [0.717, 1.165) is 34.7 Å². The lowest BCUT2D eigenvalue weighted by molar-refractivity contribution is -0.139. The number of amides is 1. The second-order valence-electron chi connectivity index (χ2n) is 12.1. The zero-order chi connectivity index (χ0) is 28.6. The van der Waals surface area contributed by atoms with Gasteiger partial charge in [0.2, 0.25) is 0 Å². The predicted molar refractivity (Wildman–Crippen MR) is 171 cm³/mol. The summed E-state index contributed by atoms with van der Waals surface area (Å²) in [6, 6.07) is 13.6. The molecule has 2 aromatic rings. The topological polar surface area (TPSA) is 69.6 Å². The normalized spacial score (nSPS) is 15.1. The maximum atomic E-state index is 13.5. The van der Waals surface area contributed by atoms with Crippen LogP contribution in [0.4, 0.5) is 0 Å². The first-order chi connectivity index (χ1) is 18.5. The Balaban J connectivity index is 0.00000560. The van der Waals surface area contributed by atoms with Crippen molar-refractivity contribution in [1.29, 1.82) is 0 Å². The second-order valence-corrected chi connectivity index (χ2v) is 13.1. The van der Waals surface area contributed by atoms with Gasteiger partial charge in [-0.05, 0) is 99.8 Å². The smallest absolute Gasteiger partial charge is 0.326 e. The first-order valence-corrected chi connectivity index (χ1v) is 15.9. The van der Waals surface area contributed by atoms with Gasteiger partial charge in [-0.15, -0.1) is 0 Å². The van der Waals surface area contributed by atoms with Gasteiger partial charge in [-0.25, -0.2) is 4.79 Å². The number of carbonyl (C=O) groups excluding carboxylic acids is 1. The molecule has 1 saturated carbocycles. The van der Waals surface area contributed by atoms with Crippen LogP contribution in [0.2, 0.25) is 0 Å². The fourth-order valence-electron chi connectivity index (χ4n) is 6.22. The Morgan fingerprint density at radius 2 is 1.75 bits per heavy atom. The van der Waals surface area contributed by atoms with Crippen molar-refractivity contribution in [3.63, 3.8) is 0 Å². The van der Waals surface area contributed by atoms with Crippen LogP contribution in [0, 0.1) is 12.8 Å². The number of aliphatic carboxylic acids is 1. The monoisotopic (exact) mass is 568 g/mol. The Labute approximate surface area is 247 Å². The first kappa shape index (κ1) is 33.9. The number of thioether (sulfide) groups is 1. The van der Waals surface area contributed by atoms with Gasteiger partial charge in [0, 0.05) is 23.7 Å². The SMILES string of the molecule is C.CSCC[C@H](NC(=O)c1ccc(CN(C(C)C)C(C)(C)CC2CCCCC2)cc1-c1ccccc1C)C(=O)O. The standard InChI is InChI=1S/C33H48N2O3S.CH4/c1-23(2)35(33(4,5)21-25-13-8-7-9-14-25)22-26-16-17-28(29(20-26)27-15-11-10-12-24(27)3)31(36)34-30(32(37)38)18-19-39-6;/h10-12,15-17,20,23,25,30H,7-9,13-14,18-19,21-22H2,1-6H3,(H,34,36)(H,37,38);1H4/t30-;/m0./s1. The van der Waals surface area contributed by atoms with Gasteiger partial charge in [0.15, 0.2) is 0 Å². The summed E-state index contributed by atoms with van der Waals surface area (Å²) in [4.78, 5) is 27.9. The van der Waals surface area contributed by atoms with Crippen LogP contribution in [-0.2, 0) is 11.3 Å². The summed E-state index contributed by atoms with van der Waals surface area (Å²) in [7, 11) is 0. The zero-order valence-electron chi connectivity index (χ0n) is 24.8. The van der Waals surface area contributed by atoms with Gasteiger partial charge in [0.05, 0.1) is 0 Å². The van der Waals surface area contributed by atoms with Crippen LogP contribution < -0.4 is 5.32 Å². The molecule has 1 amide bonds. The van der Waals surface area contributed by atoms with Crippen LogP contribution in [0.1, 0.15) is 102 Å². The number of nitrogens with zero attached hydrogens (tertiary/aromatic N) is 1. The van der Waals surface area contributed by atoms with Crippen LogP contribution in [-0.4, -0.2) is 51.5 Å². The van der Waals surface area contributed by atoms with E-state index in [1.54, 1.807) is 11.8 Å². The first-order valence-electron chi connectivity index (χ1n) is 14.5. The molecular formula is C34H52N2O3S. The van der Waals surface area contributed by atoms with Crippen molar-refractivity contribution in [2.24, 2.45) is 5.92 Å². The average molecular weight is 569 g/mol. The van der Waals surface area contributed by atoms with E-state index in [4.69, 9.17) is 0 Å². The molecule has 1 aliphatic rings. The van der Waals surface area contributed by atoms with Crippen LogP contribution in [0.25, 0.3) is 11.1 Å². The molecule has 0 aliphatic heterocycles. The van der Waals surface area contributed by atoms with Gasteiger partial charge in [-0.2, -0.15) is 11.8 Å². The van der Waals surface area contributed by atoms with Crippen LogP contribution >= 0.6 is 11.8 Å². The van der Waals surface area contributed by atoms with Gasteiger partial charge in [-0.3, -0.25) is 9.69 Å². The van der Waals surface area contributed by atoms with E-state index >= 15 is 0 Å². The Morgan fingerprint density at radius 1 is 1.07 bits per heavy atom. The van der Waals surface area contributed by atoms with E-state index in [-0.39, 0.29) is 18.9 Å². The summed E-state index contributed by atoms with van der Waals surface area (Å²) in [5, 5.41) is 12.5. The van der Waals surface area contributed by atoms with E-state index in [0.29, 0.717) is 23.8 Å². The molecule has 0 unspecified atom stereocenters. The molecule has 5 nitrogen and oxygen atoms in total. The van der Waals surface area contributed by atoms with Crippen molar-refractivity contribution in [2.75, 3.05) is 12.0 Å². The molecule has 2 N–H and O–H groups in total. The zero-order valence-corrected chi connectivity index (χ0v) is 25.6. The summed E-state index contributed by atoms with van der Waals surface area (Å²) < 4.78 is 0. The van der Waals surface area contributed by atoms with Gasteiger partial charge in [0.1, 0.15) is 6.04 Å². The number of rotatable bonds is 13. The number of benzene rings is 2. The minimum absolute atomic E-state index is 0. The molecule has 2 aromatic carbocycles. The highest BCUT2D eigenvalue weighted by Gasteiger charge is 2.32. The Bertz CT molecular complexity index is 1110. The lowest BCUT2D eigenvalue weighted by Gasteiger charge is -2.44. The summed E-state index contributed by atoms with van der Waals surface area (Å²) in [5.41, 5.74) is 4.66. The number of hydrogen-bond donors (Lipinski definition) is 2. The highest BCUT2D eigenvalue weighted by Crippen LogP contribution is 2.36. The largest absolute Gasteiger partial charge is 0.480 e. The van der Waals surface area contributed by atoms with Crippen molar-refractivity contribution in [3.8, 4) is 11.1 Å². The van der Waals surface area contributed by atoms with Crippen molar-refractivity contribution in [2.45, 2.75) is 111 Å². The summed E-state index contributed by atoms with van der Waals surface area (Å²) in [5.74, 6) is 0.116. The third-order valence-corrected chi connectivity index (χ3v) is 8.89. The molecule has 3 rings (SSSR count). The minimum Gasteiger partial charge on any atom is -0.480 e. The molecule has 0 saturated heterocycles. The quantitative estimate of drug-likeness (QED) is 0.255. The van der Waals surface area contributed by atoms with Crippen LogP contribution in [0.15, 0.2) is 42.5 Å². The van der Waals surface area contributed by atoms with Gasteiger partial charge >= 0.3 is 5.97 Å². The van der Waals surface area contributed by atoms with Gasteiger partial charge in [-0.1, -0.05) is 69.9 Å². The lowest BCUT2D eigenvalue weighted by Crippen LogP contribution is -2.48.